The monoisotopic (exact) mass is 523 g/mol. The van der Waals surface area contributed by atoms with Crippen LogP contribution < -0.4 is 10.1 Å². The molecule has 0 aliphatic heterocycles. The first-order valence-corrected chi connectivity index (χ1v) is 13.6. The van der Waals surface area contributed by atoms with Crippen molar-refractivity contribution in [2.75, 3.05) is 31.0 Å². The van der Waals surface area contributed by atoms with Crippen molar-refractivity contribution in [3.8, 4) is 11.7 Å². The molecule has 4 rings (SSSR count). The second-order valence-electron chi connectivity index (χ2n) is 6.91. The molecular formula is C21H25N5O7S2. The van der Waals surface area contributed by atoms with E-state index in [4.69, 9.17) is 13.8 Å². The predicted molar refractivity (Wildman–Crippen MR) is 132 cm³/mol. The number of rotatable bonds is 6. The molecule has 4 aromatic rings. The Labute approximate surface area is 203 Å². The third-order valence-corrected chi connectivity index (χ3v) is 3.73. The summed E-state index contributed by atoms with van der Waals surface area (Å²) in [5, 5.41) is 4.33. The normalized spacial score (nSPS) is 11.0. The summed E-state index contributed by atoms with van der Waals surface area (Å²) in [4.78, 5) is 13.3. The molecule has 0 aliphatic carbocycles. The number of imidazole rings is 1. The average molecular weight is 524 g/mol. The summed E-state index contributed by atoms with van der Waals surface area (Å²) in [5.41, 5.74) is 0.882. The largest absolute Gasteiger partial charge is 0.492 e. The molecule has 2 aromatic carbocycles. The van der Waals surface area contributed by atoms with Crippen LogP contribution in [0, 0.1) is 0 Å². The van der Waals surface area contributed by atoms with Crippen molar-refractivity contribution in [1.29, 1.82) is 0 Å². The number of anilines is 1. The number of nitrogens with zero attached hydrogens (tertiary/aromatic N) is 4. The minimum absolute atomic E-state index is 0.544. The molecule has 0 atom stereocenters. The Hall–Kier alpha value is -3.59. The van der Waals surface area contributed by atoms with Gasteiger partial charge in [-0.15, -0.1) is 0 Å². The van der Waals surface area contributed by atoms with Gasteiger partial charge in [-0.1, -0.05) is 30.3 Å². The van der Waals surface area contributed by atoms with E-state index in [0.29, 0.717) is 31.6 Å². The standard InChI is InChI=1S/C19H17N5O.2CH4O3S/c1-2-6-15(7-3-1)25-13-11-21-18-16-8-4-5-9-17(16)22-19(23-18)24-12-10-20-14-24;2*1-5(2,3)4/h1-10,12,14H,11,13H2,(H,21,22,23);2*1H3,(H,2,3,4). The molecular weight excluding hydrogens is 498 g/mol. The minimum atomic E-state index is -3.67. The molecule has 0 unspecified atom stereocenters. The number of para-hydroxylation sites is 2. The Bertz CT molecular complexity index is 1370. The zero-order chi connectivity index (χ0) is 25.9. The van der Waals surface area contributed by atoms with Gasteiger partial charge in [0, 0.05) is 17.8 Å². The van der Waals surface area contributed by atoms with Crippen LogP contribution in [0.15, 0.2) is 73.3 Å². The molecule has 0 aliphatic rings. The second kappa shape index (κ2) is 12.8. The molecule has 0 radical (unpaired) electrons. The first kappa shape index (κ1) is 27.7. The fraction of sp³-hybridized carbons (Fsp3) is 0.190. The van der Waals surface area contributed by atoms with Crippen LogP contribution in [-0.2, 0) is 20.2 Å². The Morgan fingerprint density at radius 3 is 2.11 bits per heavy atom. The van der Waals surface area contributed by atoms with Crippen LogP contribution in [0.5, 0.6) is 5.75 Å². The summed E-state index contributed by atoms with van der Waals surface area (Å²) in [6.45, 7) is 1.18. The molecule has 0 spiro atoms. The van der Waals surface area contributed by atoms with E-state index in [0.717, 1.165) is 22.5 Å². The highest BCUT2D eigenvalue weighted by molar-refractivity contribution is 7.85. The van der Waals surface area contributed by atoms with E-state index in [2.05, 4.69) is 20.3 Å². The van der Waals surface area contributed by atoms with Crippen LogP contribution in [-0.4, -0.2) is 71.1 Å². The summed E-state index contributed by atoms with van der Waals surface area (Å²) in [7, 11) is -7.33. The van der Waals surface area contributed by atoms with Crippen LogP contribution in [0.25, 0.3) is 16.9 Å². The van der Waals surface area contributed by atoms with Crippen molar-refractivity contribution in [1.82, 2.24) is 19.5 Å². The van der Waals surface area contributed by atoms with Gasteiger partial charge in [-0.05, 0) is 24.3 Å². The Balaban J connectivity index is 0.000000368. The molecule has 0 saturated carbocycles. The molecule has 0 saturated heterocycles. The van der Waals surface area contributed by atoms with Crippen molar-refractivity contribution in [2.45, 2.75) is 0 Å². The lowest BCUT2D eigenvalue weighted by atomic mass is 10.2. The van der Waals surface area contributed by atoms with Gasteiger partial charge in [0.1, 0.15) is 24.5 Å². The number of hydrogen-bond donors (Lipinski definition) is 3. The number of fused-ring (bicyclic) bond motifs is 1. The van der Waals surface area contributed by atoms with Crippen LogP contribution >= 0.6 is 0 Å². The SMILES string of the molecule is CS(=O)(=O)O.CS(=O)(=O)O.c1ccc(OCCNc2nc(-n3ccnc3)nc3ccccc23)cc1. The number of benzene rings is 2. The Morgan fingerprint density at radius 1 is 0.914 bits per heavy atom. The molecule has 2 heterocycles. The Kier molecular flexibility index (Phi) is 10.1. The number of hydrogen-bond acceptors (Lipinski definition) is 9. The number of ether oxygens (including phenoxy) is 1. The molecule has 12 nitrogen and oxygen atoms in total. The van der Waals surface area contributed by atoms with Gasteiger partial charge >= 0.3 is 0 Å². The van der Waals surface area contributed by atoms with Crippen LogP contribution in [0.2, 0.25) is 0 Å². The van der Waals surface area contributed by atoms with E-state index in [9.17, 15) is 16.8 Å². The van der Waals surface area contributed by atoms with Crippen molar-refractivity contribution in [3.05, 3.63) is 73.3 Å². The maximum absolute atomic E-state index is 9.19. The summed E-state index contributed by atoms with van der Waals surface area (Å²) >= 11 is 0. The molecule has 35 heavy (non-hydrogen) atoms. The van der Waals surface area contributed by atoms with Crippen LogP contribution in [0.3, 0.4) is 0 Å². The lowest BCUT2D eigenvalue weighted by molar-refractivity contribution is 0.333. The minimum Gasteiger partial charge on any atom is -0.492 e. The predicted octanol–water partition coefficient (Wildman–Crippen LogP) is 2.31. The second-order valence-corrected chi connectivity index (χ2v) is 9.85. The van der Waals surface area contributed by atoms with E-state index in [-0.39, 0.29) is 0 Å². The molecule has 0 fully saturated rings. The first-order chi connectivity index (χ1) is 16.4. The number of aromatic nitrogens is 4. The molecule has 188 valence electrons. The highest BCUT2D eigenvalue weighted by Gasteiger charge is 2.08. The van der Waals surface area contributed by atoms with E-state index < -0.39 is 20.2 Å². The van der Waals surface area contributed by atoms with E-state index >= 15 is 0 Å². The van der Waals surface area contributed by atoms with Crippen molar-refractivity contribution < 1.29 is 30.7 Å². The van der Waals surface area contributed by atoms with Gasteiger partial charge < -0.3 is 10.1 Å². The van der Waals surface area contributed by atoms with Crippen molar-refractivity contribution in [3.63, 3.8) is 0 Å². The van der Waals surface area contributed by atoms with Crippen molar-refractivity contribution in [2.24, 2.45) is 0 Å². The zero-order valence-corrected chi connectivity index (χ0v) is 20.5. The third kappa shape index (κ3) is 11.9. The van der Waals surface area contributed by atoms with Gasteiger partial charge in [0.15, 0.2) is 0 Å². The summed E-state index contributed by atoms with van der Waals surface area (Å²) < 4.78 is 59.2. The summed E-state index contributed by atoms with van der Waals surface area (Å²) in [5.74, 6) is 2.23. The number of nitrogens with one attached hydrogen (secondary N) is 1. The molecule has 2 aromatic heterocycles. The third-order valence-electron chi connectivity index (χ3n) is 3.73. The molecule has 14 heteroatoms. The topological polar surface area (TPSA) is 174 Å². The van der Waals surface area contributed by atoms with Crippen LogP contribution in [0.4, 0.5) is 5.82 Å². The fourth-order valence-corrected chi connectivity index (χ4v) is 2.55. The first-order valence-electron chi connectivity index (χ1n) is 9.92. The summed E-state index contributed by atoms with van der Waals surface area (Å²) in [6, 6.07) is 17.7. The van der Waals surface area contributed by atoms with Gasteiger partial charge in [-0.3, -0.25) is 13.7 Å². The fourth-order valence-electron chi connectivity index (χ4n) is 2.55. The van der Waals surface area contributed by atoms with E-state index in [1.165, 1.54) is 0 Å². The van der Waals surface area contributed by atoms with E-state index in [1.807, 2.05) is 60.8 Å². The lowest BCUT2D eigenvalue weighted by Crippen LogP contribution is -2.14. The van der Waals surface area contributed by atoms with Gasteiger partial charge in [0.05, 0.1) is 24.6 Å². The van der Waals surface area contributed by atoms with Gasteiger partial charge in [-0.2, -0.15) is 21.8 Å². The maximum atomic E-state index is 9.19. The smallest absolute Gasteiger partial charge is 0.261 e. The summed E-state index contributed by atoms with van der Waals surface area (Å²) in [6.07, 6.45) is 6.65. The van der Waals surface area contributed by atoms with Gasteiger partial charge in [0.25, 0.3) is 20.2 Å². The van der Waals surface area contributed by atoms with Gasteiger partial charge in [0.2, 0.25) is 5.95 Å². The molecule has 0 bridgehead atoms. The molecule has 3 N–H and O–H groups in total. The van der Waals surface area contributed by atoms with Crippen LogP contribution in [0.1, 0.15) is 0 Å². The van der Waals surface area contributed by atoms with Crippen molar-refractivity contribution >= 4 is 37.0 Å². The van der Waals surface area contributed by atoms with E-state index in [1.54, 1.807) is 17.1 Å². The highest BCUT2D eigenvalue weighted by Crippen LogP contribution is 2.21. The maximum Gasteiger partial charge on any atom is 0.261 e. The quantitative estimate of drug-likeness (QED) is 0.250. The Morgan fingerprint density at radius 2 is 1.51 bits per heavy atom. The molecule has 0 amide bonds. The average Bonchev–Trinajstić information content (AvgIpc) is 3.30. The van der Waals surface area contributed by atoms with Gasteiger partial charge in [-0.25, -0.2) is 9.97 Å². The highest BCUT2D eigenvalue weighted by atomic mass is 32.2. The lowest BCUT2D eigenvalue weighted by Gasteiger charge is -2.11. The zero-order valence-electron chi connectivity index (χ0n) is 18.9.